The van der Waals surface area contributed by atoms with Crippen molar-refractivity contribution < 1.29 is 14.2 Å². The molecule has 3 rings (SSSR count). The number of ether oxygens (including phenoxy) is 3. The van der Waals surface area contributed by atoms with Crippen LogP contribution < -0.4 is 20.8 Å². The molecule has 1 aliphatic rings. The first kappa shape index (κ1) is 21.5. The quantitative estimate of drug-likeness (QED) is 0.719. The third-order valence-corrected chi connectivity index (χ3v) is 5.12. The molecule has 2 aromatic rings. The number of pyridine rings is 1. The van der Waals surface area contributed by atoms with Crippen molar-refractivity contribution in [1.82, 2.24) is 4.57 Å². The topological polar surface area (TPSA) is 99.5 Å². The molecule has 0 radical (unpaired) electrons. The Bertz CT molecular complexity index is 1050. The van der Waals surface area contributed by atoms with Crippen LogP contribution in [0.3, 0.4) is 0 Å². The van der Waals surface area contributed by atoms with Crippen molar-refractivity contribution in [3.8, 4) is 17.6 Å². The van der Waals surface area contributed by atoms with E-state index in [4.69, 9.17) is 19.9 Å². The van der Waals surface area contributed by atoms with Crippen molar-refractivity contribution >= 4 is 0 Å². The molecule has 1 unspecified atom stereocenters. The van der Waals surface area contributed by atoms with Gasteiger partial charge in [-0.05, 0) is 19.4 Å². The lowest BCUT2D eigenvalue weighted by Gasteiger charge is -2.28. The van der Waals surface area contributed by atoms with E-state index in [1.165, 1.54) is 0 Å². The van der Waals surface area contributed by atoms with Crippen LogP contribution in [-0.4, -0.2) is 24.9 Å². The summed E-state index contributed by atoms with van der Waals surface area (Å²) in [6.07, 6.45) is 1.58. The van der Waals surface area contributed by atoms with Crippen molar-refractivity contribution in [1.29, 1.82) is 5.26 Å². The second-order valence-electron chi connectivity index (χ2n) is 7.01. The van der Waals surface area contributed by atoms with Gasteiger partial charge in [-0.25, -0.2) is 0 Å². The van der Waals surface area contributed by atoms with Crippen molar-refractivity contribution in [2.45, 2.75) is 39.2 Å². The van der Waals surface area contributed by atoms with E-state index in [9.17, 15) is 10.1 Å². The molecule has 0 amide bonds. The summed E-state index contributed by atoms with van der Waals surface area (Å²) in [5, 5.41) is 9.84. The summed E-state index contributed by atoms with van der Waals surface area (Å²) in [7, 11) is 1.60. The van der Waals surface area contributed by atoms with Gasteiger partial charge in [0.15, 0.2) is 0 Å². The molecule has 2 N–H and O–H groups in total. The Morgan fingerprint density at radius 2 is 2.07 bits per heavy atom. The van der Waals surface area contributed by atoms with Gasteiger partial charge in [0.05, 0.1) is 24.7 Å². The maximum Gasteiger partial charge on any atom is 0.258 e. The number of nitrogens with two attached hydrogens (primary N) is 1. The average Bonchev–Trinajstić information content (AvgIpc) is 2.73. The minimum atomic E-state index is -0.668. The molecule has 1 aromatic carbocycles. The van der Waals surface area contributed by atoms with Crippen LogP contribution >= 0.6 is 0 Å². The van der Waals surface area contributed by atoms with Crippen LogP contribution in [0.5, 0.6) is 11.5 Å². The monoisotopic (exact) mass is 409 g/mol. The first-order valence-electron chi connectivity index (χ1n) is 10.1. The molecule has 1 atom stereocenters. The Balaban J connectivity index is 2.30. The van der Waals surface area contributed by atoms with Gasteiger partial charge in [0.25, 0.3) is 5.56 Å². The number of nitrogens with zero attached hydrogens (tertiary/aromatic N) is 2. The maximum absolute atomic E-state index is 13.6. The number of allylic oxidation sites excluding steroid dienone is 1. The SMILES string of the molecule is CCCc1cc2c(c(=O)n1CCOC)C(c1ccccc1OCC)C(C#N)=C(N)O2. The Morgan fingerprint density at radius 3 is 2.73 bits per heavy atom. The molecule has 0 saturated heterocycles. The van der Waals surface area contributed by atoms with E-state index in [0.29, 0.717) is 48.8 Å². The van der Waals surface area contributed by atoms with Crippen LogP contribution in [0.25, 0.3) is 0 Å². The smallest absolute Gasteiger partial charge is 0.258 e. The third-order valence-electron chi connectivity index (χ3n) is 5.12. The van der Waals surface area contributed by atoms with E-state index >= 15 is 0 Å². The number of hydrogen-bond donors (Lipinski definition) is 1. The number of rotatable bonds is 8. The number of hydrogen-bond acceptors (Lipinski definition) is 6. The zero-order valence-corrected chi connectivity index (χ0v) is 17.6. The van der Waals surface area contributed by atoms with Crippen LogP contribution in [0, 0.1) is 11.3 Å². The summed E-state index contributed by atoms with van der Waals surface area (Å²) in [6, 6.07) is 11.4. The lowest BCUT2D eigenvalue weighted by atomic mass is 9.83. The number of para-hydroxylation sites is 1. The minimum absolute atomic E-state index is 0.0118. The first-order chi connectivity index (χ1) is 14.6. The molecule has 0 bridgehead atoms. The van der Waals surface area contributed by atoms with E-state index < -0.39 is 5.92 Å². The van der Waals surface area contributed by atoms with Crippen molar-refractivity contribution in [3.63, 3.8) is 0 Å². The van der Waals surface area contributed by atoms with Gasteiger partial charge >= 0.3 is 0 Å². The zero-order chi connectivity index (χ0) is 21.7. The van der Waals surface area contributed by atoms with Gasteiger partial charge in [0.1, 0.15) is 23.1 Å². The highest BCUT2D eigenvalue weighted by Crippen LogP contribution is 2.43. The van der Waals surface area contributed by atoms with E-state index in [1.807, 2.05) is 37.3 Å². The summed E-state index contributed by atoms with van der Waals surface area (Å²) >= 11 is 0. The van der Waals surface area contributed by atoms with E-state index in [2.05, 4.69) is 13.0 Å². The Kier molecular flexibility index (Phi) is 6.80. The zero-order valence-electron chi connectivity index (χ0n) is 17.6. The molecule has 30 heavy (non-hydrogen) atoms. The summed E-state index contributed by atoms with van der Waals surface area (Å²) in [6.45, 7) is 5.22. The lowest BCUT2D eigenvalue weighted by molar-refractivity contribution is 0.185. The molecule has 0 aliphatic carbocycles. The molecule has 1 aromatic heterocycles. The van der Waals surface area contributed by atoms with Gasteiger partial charge in [0.2, 0.25) is 5.88 Å². The van der Waals surface area contributed by atoms with Crippen LogP contribution in [0.1, 0.15) is 43.0 Å². The molecule has 1 aliphatic heterocycles. The van der Waals surface area contributed by atoms with Gasteiger partial charge in [-0.2, -0.15) is 5.26 Å². The third kappa shape index (κ3) is 3.91. The second kappa shape index (κ2) is 9.51. The predicted octanol–water partition coefficient (Wildman–Crippen LogP) is 3.06. The second-order valence-corrected chi connectivity index (χ2v) is 7.01. The van der Waals surface area contributed by atoms with Crippen molar-refractivity contribution in [3.05, 3.63) is 69.0 Å². The number of nitriles is 1. The molecule has 7 nitrogen and oxygen atoms in total. The molecule has 0 saturated carbocycles. The van der Waals surface area contributed by atoms with Crippen LogP contribution in [0.4, 0.5) is 0 Å². The molecule has 0 spiro atoms. The summed E-state index contributed by atoms with van der Waals surface area (Å²) in [4.78, 5) is 13.6. The van der Waals surface area contributed by atoms with E-state index in [-0.39, 0.29) is 17.0 Å². The normalized spacial score (nSPS) is 15.3. The summed E-state index contributed by atoms with van der Waals surface area (Å²) < 4.78 is 18.5. The molecular weight excluding hydrogens is 382 g/mol. The summed E-state index contributed by atoms with van der Waals surface area (Å²) in [5.74, 6) is 0.347. The Morgan fingerprint density at radius 1 is 1.30 bits per heavy atom. The van der Waals surface area contributed by atoms with Gasteiger partial charge in [-0.3, -0.25) is 4.79 Å². The standard InChI is InChI=1S/C23H27N3O4/c1-4-8-15-13-19-21(23(27)26(15)11-12-28-3)20(17(14-24)22(25)30-19)16-9-6-7-10-18(16)29-5-2/h6-7,9-10,13,20H,4-5,8,11-12,25H2,1-3H3. The largest absolute Gasteiger partial charge is 0.494 e. The number of benzene rings is 1. The fourth-order valence-corrected chi connectivity index (χ4v) is 3.83. The van der Waals surface area contributed by atoms with E-state index in [0.717, 1.165) is 12.1 Å². The number of aromatic nitrogens is 1. The van der Waals surface area contributed by atoms with Gasteiger partial charge in [0, 0.05) is 31.0 Å². The van der Waals surface area contributed by atoms with Crippen molar-refractivity contribution in [2.24, 2.45) is 5.73 Å². The minimum Gasteiger partial charge on any atom is -0.494 e. The van der Waals surface area contributed by atoms with Gasteiger partial charge < -0.3 is 24.5 Å². The van der Waals surface area contributed by atoms with Gasteiger partial charge in [-0.15, -0.1) is 0 Å². The number of fused-ring (bicyclic) bond motifs is 1. The first-order valence-corrected chi connectivity index (χ1v) is 10.1. The highest BCUT2D eigenvalue weighted by Gasteiger charge is 2.36. The van der Waals surface area contributed by atoms with Gasteiger partial charge in [-0.1, -0.05) is 31.5 Å². The molecule has 0 fully saturated rings. The number of aryl methyl sites for hydroxylation is 1. The highest BCUT2D eigenvalue weighted by molar-refractivity contribution is 5.58. The maximum atomic E-state index is 13.6. The Labute approximate surface area is 176 Å². The van der Waals surface area contributed by atoms with Crippen molar-refractivity contribution in [2.75, 3.05) is 20.3 Å². The molecule has 7 heteroatoms. The van der Waals surface area contributed by atoms with Crippen LogP contribution in [-0.2, 0) is 17.7 Å². The summed E-state index contributed by atoms with van der Waals surface area (Å²) in [5.41, 5.74) is 8.06. The average molecular weight is 409 g/mol. The molecular formula is C23H27N3O4. The fraction of sp³-hybridized carbons (Fsp3) is 0.391. The van der Waals surface area contributed by atoms with E-state index in [1.54, 1.807) is 11.7 Å². The predicted molar refractivity (Wildman–Crippen MR) is 113 cm³/mol. The molecule has 158 valence electrons. The number of methoxy groups -OCH3 is 1. The Hall–Kier alpha value is -3.24. The highest BCUT2D eigenvalue weighted by atomic mass is 16.5. The van der Waals surface area contributed by atoms with Crippen LogP contribution in [0.15, 0.2) is 46.6 Å². The fourth-order valence-electron chi connectivity index (χ4n) is 3.83. The molecule has 2 heterocycles. The lowest BCUT2D eigenvalue weighted by Crippen LogP contribution is -2.34. The van der Waals surface area contributed by atoms with Crippen LogP contribution in [0.2, 0.25) is 0 Å².